The minimum atomic E-state index is 0.854. The first kappa shape index (κ1) is 7.18. The zero-order valence-electron chi connectivity index (χ0n) is 4.59. The van der Waals surface area contributed by atoms with Crippen LogP contribution in [-0.4, -0.2) is 0 Å². The first-order valence-electron chi connectivity index (χ1n) is 2.45. The molecule has 5 heteroatoms. The zero-order chi connectivity index (χ0) is 7.14. The first-order chi connectivity index (χ1) is 4.75. The lowest BCUT2D eigenvalue weighted by Crippen LogP contribution is -1.35. The molecule has 0 radical (unpaired) electrons. The predicted molar refractivity (Wildman–Crippen MR) is 53.4 cm³/mol. The molecule has 2 heterocycles. The van der Waals surface area contributed by atoms with Crippen molar-refractivity contribution in [2.24, 2.45) is 0 Å². The van der Waals surface area contributed by atoms with Crippen molar-refractivity contribution in [3.05, 3.63) is 13.5 Å². The summed E-state index contributed by atoms with van der Waals surface area (Å²) < 4.78 is 4.32. The van der Waals surface area contributed by atoms with Crippen LogP contribution in [-0.2, 0) is 0 Å². The summed E-state index contributed by atoms with van der Waals surface area (Å²) in [5, 5.41) is 0. The average Bonchev–Trinajstić information content (AvgIpc) is 2.21. The fourth-order valence-electron chi connectivity index (χ4n) is 0.659. The van der Waals surface area contributed by atoms with E-state index in [0.717, 1.165) is 7.47 Å². The smallest absolute Gasteiger partial charge is 0.112 e. The normalized spacial score (nSPS) is 10.9. The summed E-state index contributed by atoms with van der Waals surface area (Å²) >= 11 is 15.7. The van der Waals surface area contributed by atoms with Crippen molar-refractivity contribution in [1.82, 2.24) is 0 Å². The SMILES string of the molecule is S=c1sc2cc(Cl)sc2s1. The highest BCUT2D eigenvalue weighted by atomic mass is 35.5. The maximum atomic E-state index is 5.77. The molecule has 0 nitrogen and oxygen atoms in total. The maximum absolute atomic E-state index is 5.77. The first-order valence-corrected chi connectivity index (χ1v) is 5.68. The molecule has 2 rings (SSSR count). The Kier molecular flexibility index (Phi) is 1.82. The van der Waals surface area contributed by atoms with E-state index in [1.165, 1.54) is 8.71 Å². The molecular formula is C5HClS4. The van der Waals surface area contributed by atoms with Crippen molar-refractivity contribution in [2.45, 2.75) is 0 Å². The Labute approximate surface area is 79.7 Å². The maximum Gasteiger partial charge on any atom is 0.145 e. The number of hydrogen-bond acceptors (Lipinski definition) is 4. The van der Waals surface area contributed by atoms with Gasteiger partial charge < -0.3 is 0 Å². The molecule has 0 amide bonds. The third-order valence-corrected chi connectivity index (χ3v) is 5.10. The number of hydrogen-bond donors (Lipinski definition) is 0. The van der Waals surface area contributed by atoms with Crippen LogP contribution in [0.5, 0.6) is 0 Å². The molecule has 0 aliphatic heterocycles. The van der Waals surface area contributed by atoms with Gasteiger partial charge in [0.2, 0.25) is 0 Å². The van der Waals surface area contributed by atoms with Crippen molar-refractivity contribution in [3.8, 4) is 0 Å². The Hall–Kier alpha value is 0.520. The second kappa shape index (κ2) is 2.53. The molecule has 0 aliphatic carbocycles. The van der Waals surface area contributed by atoms with E-state index in [4.69, 9.17) is 23.8 Å². The molecule has 0 saturated heterocycles. The minimum Gasteiger partial charge on any atom is -0.112 e. The molecule has 0 aromatic carbocycles. The van der Waals surface area contributed by atoms with E-state index < -0.39 is 0 Å². The number of thiophene rings is 1. The highest BCUT2D eigenvalue weighted by Crippen LogP contribution is 2.37. The van der Waals surface area contributed by atoms with E-state index in [1.807, 2.05) is 6.07 Å². The summed E-state index contributed by atoms with van der Waals surface area (Å²) in [6.07, 6.45) is 0. The molecule has 0 spiro atoms. The minimum absolute atomic E-state index is 0.854. The van der Waals surface area contributed by atoms with E-state index >= 15 is 0 Å². The van der Waals surface area contributed by atoms with Gasteiger partial charge in [-0.05, 0) is 6.07 Å². The second-order valence-corrected chi connectivity index (χ2v) is 6.85. The van der Waals surface area contributed by atoms with Crippen LogP contribution < -0.4 is 0 Å². The highest BCUT2D eigenvalue weighted by molar-refractivity contribution is 7.77. The monoisotopic (exact) mass is 224 g/mol. The lowest BCUT2D eigenvalue weighted by Gasteiger charge is -1.66. The fraction of sp³-hybridized carbons (Fsp3) is 0. The summed E-state index contributed by atoms with van der Waals surface area (Å²) in [7, 11) is 0. The molecule has 52 valence electrons. The standard InChI is InChI=1S/C5HClS4/c6-3-1-2-4(9-3)10-5(7)8-2/h1H. The summed E-state index contributed by atoms with van der Waals surface area (Å²) in [4.78, 5) is 0. The quantitative estimate of drug-likeness (QED) is 0.598. The van der Waals surface area contributed by atoms with E-state index in [9.17, 15) is 0 Å². The highest BCUT2D eigenvalue weighted by Gasteiger charge is 2.01. The molecule has 0 aliphatic rings. The Morgan fingerprint density at radius 2 is 2.10 bits per heavy atom. The Bertz CT molecular complexity index is 372. The van der Waals surface area contributed by atoms with E-state index in [-0.39, 0.29) is 0 Å². The van der Waals surface area contributed by atoms with E-state index in [2.05, 4.69) is 0 Å². The summed E-state index contributed by atoms with van der Waals surface area (Å²) in [6, 6.07) is 1.97. The predicted octanol–water partition coefficient (Wildman–Crippen LogP) is 4.41. The van der Waals surface area contributed by atoms with Gasteiger partial charge in [0.05, 0.1) is 9.04 Å². The Balaban J connectivity index is 2.95. The summed E-state index contributed by atoms with van der Waals surface area (Å²) in [5.74, 6) is 0. The lowest BCUT2D eigenvalue weighted by atomic mass is 10.7. The van der Waals surface area contributed by atoms with Crippen LogP contribution in [0.15, 0.2) is 6.07 Å². The zero-order valence-corrected chi connectivity index (χ0v) is 8.61. The topological polar surface area (TPSA) is 0 Å². The van der Waals surface area contributed by atoms with Crippen LogP contribution in [0.25, 0.3) is 8.71 Å². The van der Waals surface area contributed by atoms with Gasteiger partial charge in [0.1, 0.15) is 7.15 Å². The van der Waals surface area contributed by atoms with Gasteiger partial charge in [0.15, 0.2) is 0 Å². The molecule has 2 aromatic heterocycles. The molecular weight excluding hydrogens is 224 g/mol. The molecule has 0 atom stereocenters. The Morgan fingerprint density at radius 1 is 1.30 bits per heavy atom. The van der Waals surface area contributed by atoms with Gasteiger partial charge >= 0.3 is 0 Å². The summed E-state index contributed by atoms with van der Waals surface area (Å²) in [6.45, 7) is 0. The third kappa shape index (κ3) is 1.14. The number of halogens is 1. The molecule has 0 saturated carbocycles. The third-order valence-electron chi connectivity index (χ3n) is 1.01. The van der Waals surface area contributed by atoms with Crippen LogP contribution in [0, 0.1) is 3.14 Å². The van der Waals surface area contributed by atoms with Crippen molar-refractivity contribution >= 4 is 66.5 Å². The number of rotatable bonds is 0. The molecule has 0 bridgehead atoms. The molecule has 10 heavy (non-hydrogen) atoms. The van der Waals surface area contributed by atoms with Gasteiger partial charge in [-0.25, -0.2) is 0 Å². The lowest BCUT2D eigenvalue weighted by molar-refractivity contribution is 2.24. The van der Waals surface area contributed by atoms with Gasteiger partial charge in [-0.2, -0.15) is 0 Å². The van der Waals surface area contributed by atoms with Gasteiger partial charge in [-0.15, -0.1) is 34.0 Å². The fourth-order valence-corrected chi connectivity index (χ4v) is 5.25. The average molecular weight is 225 g/mol. The van der Waals surface area contributed by atoms with Gasteiger partial charge in [0, 0.05) is 0 Å². The molecule has 2 aromatic rings. The van der Waals surface area contributed by atoms with Gasteiger partial charge in [-0.1, -0.05) is 23.8 Å². The second-order valence-electron chi connectivity index (χ2n) is 1.66. The van der Waals surface area contributed by atoms with Crippen LogP contribution in [0.1, 0.15) is 0 Å². The van der Waals surface area contributed by atoms with Crippen LogP contribution in [0.4, 0.5) is 0 Å². The number of fused-ring (bicyclic) bond motifs is 1. The van der Waals surface area contributed by atoms with E-state index in [1.54, 1.807) is 34.0 Å². The van der Waals surface area contributed by atoms with Crippen molar-refractivity contribution in [2.75, 3.05) is 0 Å². The van der Waals surface area contributed by atoms with Crippen LogP contribution in [0.3, 0.4) is 0 Å². The Morgan fingerprint density at radius 3 is 2.80 bits per heavy atom. The largest absolute Gasteiger partial charge is 0.145 e. The molecule has 0 fully saturated rings. The van der Waals surface area contributed by atoms with Crippen LogP contribution in [0.2, 0.25) is 4.34 Å². The van der Waals surface area contributed by atoms with Crippen molar-refractivity contribution in [3.63, 3.8) is 0 Å². The van der Waals surface area contributed by atoms with Crippen molar-refractivity contribution in [1.29, 1.82) is 0 Å². The van der Waals surface area contributed by atoms with Crippen molar-refractivity contribution < 1.29 is 0 Å². The van der Waals surface area contributed by atoms with Crippen LogP contribution >= 0.6 is 57.8 Å². The van der Waals surface area contributed by atoms with Gasteiger partial charge in [-0.3, -0.25) is 0 Å². The van der Waals surface area contributed by atoms with E-state index in [0.29, 0.717) is 0 Å². The molecule has 0 unspecified atom stereocenters. The molecule has 0 N–H and O–H groups in total. The summed E-state index contributed by atoms with van der Waals surface area (Å²) in [5.41, 5.74) is 0. The van der Waals surface area contributed by atoms with Gasteiger partial charge in [0.25, 0.3) is 0 Å².